The molecule has 1 amide bonds. The van der Waals surface area contributed by atoms with Crippen LogP contribution in [0.5, 0.6) is 5.75 Å². The number of benzene rings is 2. The summed E-state index contributed by atoms with van der Waals surface area (Å²) < 4.78 is 5.77. The molecule has 0 saturated carbocycles. The molecule has 0 aromatic heterocycles. The number of hydrogen-bond donors (Lipinski definition) is 1. The van der Waals surface area contributed by atoms with E-state index < -0.39 is 0 Å². The van der Waals surface area contributed by atoms with Gasteiger partial charge in [0.2, 0.25) is 5.91 Å². The fraction of sp³-hybridized carbons (Fsp3) is 0.409. The number of amides is 1. The fourth-order valence-corrected chi connectivity index (χ4v) is 3.80. The molecule has 2 aromatic rings. The molecule has 0 radical (unpaired) electrons. The van der Waals surface area contributed by atoms with E-state index in [1.54, 1.807) is 0 Å². The summed E-state index contributed by atoms with van der Waals surface area (Å²) in [7, 11) is 0. The van der Waals surface area contributed by atoms with Gasteiger partial charge in [-0.2, -0.15) is 0 Å². The zero-order valence-corrected chi connectivity index (χ0v) is 17.3. The third kappa shape index (κ3) is 5.96. The van der Waals surface area contributed by atoms with Gasteiger partial charge in [-0.05, 0) is 43.2 Å². The first-order valence-electron chi connectivity index (χ1n) is 9.70. The maximum absolute atomic E-state index is 12.4. The van der Waals surface area contributed by atoms with E-state index in [1.807, 2.05) is 56.3 Å². The van der Waals surface area contributed by atoms with Crippen molar-refractivity contribution in [2.45, 2.75) is 13.8 Å². The van der Waals surface area contributed by atoms with Gasteiger partial charge < -0.3 is 10.1 Å². The van der Waals surface area contributed by atoms with E-state index in [0.29, 0.717) is 23.9 Å². The Morgan fingerprint density at radius 2 is 1.75 bits per heavy atom. The van der Waals surface area contributed by atoms with Crippen LogP contribution in [0.2, 0.25) is 5.02 Å². The van der Waals surface area contributed by atoms with E-state index in [1.165, 1.54) is 0 Å². The average Bonchev–Trinajstić information content (AvgIpc) is 2.67. The van der Waals surface area contributed by atoms with Crippen LogP contribution in [0.25, 0.3) is 0 Å². The Morgan fingerprint density at radius 3 is 2.43 bits per heavy atom. The van der Waals surface area contributed by atoms with Crippen LogP contribution < -0.4 is 10.1 Å². The number of piperazine rings is 1. The first-order chi connectivity index (χ1) is 13.5. The van der Waals surface area contributed by atoms with Crippen LogP contribution >= 0.6 is 11.6 Å². The third-order valence-electron chi connectivity index (χ3n) is 4.95. The number of para-hydroxylation sites is 1. The predicted molar refractivity (Wildman–Crippen MR) is 114 cm³/mol. The largest absolute Gasteiger partial charge is 0.492 e. The summed E-state index contributed by atoms with van der Waals surface area (Å²) in [6.45, 7) is 9.55. The first-order valence-corrected chi connectivity index (χ1v) is 10.1. The molecule has 1 saturated heterocycles. The van der Waals surface area contributed by atoms with Crippen LogP contribution in [-0.2, 0) is 4.79 Å². The second-order valence-electron chi connectivity index (χ2n) is 7.27. The van der Waals surface area contributed by atoms with E-state index in [0.717, 1.165) is 49.6 Å². The normalized spacial score (nSPS) is 15.4. The van der Waals surface area contributed by atoms with Gasteiger partial charge in [0.25, 0.3) is 0 Å². The number of aryl methyl sites for hydroxylation is 2. The van der Waals surface area contributed by atoms with Crippen molar-refractivity contribution in [3.63, 3.8) is 0 Å². The number of nitrogens with one attached hydrogen (secondary N) is 1. The molecule has 6 heteroatoms. The van der Waals surface area contributed by atoms with Crippen molar-refractivity contribution in [3.05, 3.63) is 58.6 Å². The predicted octanol–water partition coefficient (Wildman–Crippen LogP) is 3.59. The molecule has 1 heterocycles. The van der Waals surface area contributed by atoms with Crippen LogP contribution in [0.3, 0.4) is 0 Å². The maximum Gasteiger partial charge on any atom is 0.238 e. The van der Waals surface area contributed by atoms with Crippen LogP contribution in [0.1, 0.15) is 11.1 Å². The average molecular weight is 402 g/mol. The summed E-state index contributed by atoms with van der Waals surface area (Å²) in [6.07, 6.45) is 0. The molecular weight excluding hydrogens is 374 g/mol. The molecule has 1 N–H and O–H groups in total. The van der Waals surface area contributed by atoms with Gasteiger partial charge in [0, 0.05) is 32.7 Å². The molecule has 0 bridgehead atoms. The lowest BCUT2D eigenvalue weighted by Gasteiger charge is -2.34. The van der Waals surface area contributed by atoms with Crippen molar-refractivity contribution in [1.82, 2.24) is 9.80 Å². The van der Waals surface area contributed by atoms with Crippen molar-refractivity contribution < 1.29 is 9.53 Å². The zero-order chi connectivity index (χ0) is 19.9. The second-order valence-corrected chi connectivity index (χ2v) is 7.67. The molecule has 0 atom stereocenters. The summed E-state index contributed by atoms with van der Waals surface area (Å²) in [4.78, 5) is 17.0. The van der Waals surface area contributed by atoms with E-state index >= 15 is 0 Å². The molecule has 0 spiro atoms. The molecule has 0 aliphatic carbocycles. The Hall–Kier alpha value is -2.08. The fourth-order valence-electron chi connectivity index (χ4n) is 3.44. The SMILES string of the molecule is Cc1cc(C)c(NC(=O)CN2CCN(CCOc3ccccc3)CC2)c(Cl)c1. The van der Waals surface area contributed by atoms with Crippen LogP contribution in [0.4, 0.5) is 5.69 Å². The summed E-state index contributed by atoms with van der Waals surface area (Å²) in [5, 5.41) is 3.56. The Balaban J connectivity index is 1.39. The van der Waals surface area contributed by atoms with E-state index in [4.69, 9.17) is 16.3 Å². The summed E-state index contributed by atoms with van der Waals surface area (Å²) in [6, 6.07) is 13.8. The van der Waals surface area contributed by atoms with Gasteiger partial charge in [0.1, 0.15) is 12.4 Å². The topological polar surface area (TPSA) is 44.8 Å². The minimum Gasteiger partial charge on any atom is -0.492 e. The smallest absolute Gasteiger partial charge is 0.238 e. The number of ether oxygens (including phenoxy) is 1. The minimum absolute atomic E-state index is 0.0188. The van der Waals surface area contributed by atoms with Crippen molar-refractivity contribution in [3.8, 4) is 5.75 Å². The van der Waals surface area contributed by atoms with Gasteiger partial charge in [0.15, 0.2) is 0 Å². The second kappa shape index (κ2) is 9.92. The van der Waals surface area contributed by atoms with Gasteiger partial charge >= 0.3 is 0 Å². The summed E-state index contributed by atoms with van der Waals surface area (Å²) in [5.74, 6) is 0.887. The van der Waals surface area contributed by atoms with Gasteiger partial charge in [-0.3, -0.25) is 14.6 Å². The number of carbonyl (C=O) groups excluding carboxylic acids is 1. The Kier molecular flexibility index (Phi) is 7.31. The highest BCUT2D eigenvalue weighted by molar-refractivity contribution is 6.34. The lowest BCUT2D eigenvalue weighted by atomic mass is 10.1. The number of rotatable bonds is 7. The lowest BCUT2D eigenvalue weighted by Crippen LogP contribution is -2.49. The highest BCUT2D eigenvalue weighted by Gasteiger charge is 2.19. The molecular formula is C22H28ClN3O2. The standard InChI is InChI=1S/C22H28ClN3O2/c1-17-14-18(2)22(20(23)15-17)24-21(27)16-26-10-8-25(9-11-26)12-13-28-19-6-4-3-5-7-19/h3-7,14-15H,8-13,16H2,1-2H3,(H,24,27). The van der Waals surface area contributed by atoms with Crippen LogP contribution in [0, 0.1) is 13.8 Å². The molecule has 1 aliphatic heterocycles. The highest BCUT2D eigenvalue weighted by Crippen LogP contribution is 2.27. The Morgan fingerprint density at radius 1 is 1.07 bits per heavy atom. The van der Waals surface area contributed by atoms with Crippen molar-refractivity contribution in [1.29, 1.82) is 0 Å². The van der Waals surface area contributed by atoms with E-state index in [9.17, 15) is 4.79 Å². The molecule has 3 rings (SSSR count). The van der Waals surface area contributed by atoms with Gasteiger partial charge in [-0.1, -0.05) is 35.9 Å². The van der Waals surface area contributed by atoms with Crippen molar-refractivity contribution in [2.75, 3.05) is 51.2 Å². The molecule has 5 nitrogen and oxygen atoms in total. The van der Waals surface area contributed by atoms with Crippen molar-refractivity contribution >= 4 is 23.2 Å². The molecule has 1 aliphatic rings. The quantitative estimate of drug-likeness (QED) is 0.770. The summed E-state index contributed by atoms with van der Waals surface area (Å²) in [5.41, 5.74) is 2.79. The number of carbonyl (C=O) groups is 1. The van der Waals surface area contributed by atoms with Gasteiger partial charge in [0.05, 0.1) is 17.3 Å². The molecule has 150 valence electrons. The van der Waals surface area contributed by atoms with Crippen molar-refractivity contribution in [2.24, 2.45) is 0 Å². The number of halogens is 1. The molecule has 1 fully saturated rings. The monoisotopic (exact) mass is 401 g/mol. The molecule has 0 unspecified atom stereocenters. The number of anilines is 1. The number of hydrogen-bond acceptors (Lipinski definition) is 4. The van der Waals surface area contributed by atoms with E-state index in [2.05, 4.69) is 15.1 Å². The summed E-state index contributed by atoms with van der Waals surface area (Å²) >= 11 is 6.29. The van der Waals surface area contributed by atoms with E-state index in [-0.39, 0.29) is 5.91 Å². The lowest BCUT2D eigenvalue weighted by molar-refractivity contribution is -0.117. The Bertz CT molecular complexity index is 767. The van der Waals surface area contributed by atoms with Crippen LogP contribution in [0.15, 0.2) is 42.5 Å². The van der Waals surface area contributed by atoms with Gasteiger partial charge in [-0.15, -0.1) is 0 Å². The zero-order valence-electron chi connectivity index (χ0n) is 16.6. The maximum atomic E-state index is 12.4. The first kappa shape index (κ1) is 20.6. The molecule has 28 heavy (non-hydrogen) atoms. The molecule has 2 aromatic carbocycles. The third-order valence-corrected chi connectivity index (χ3v) is 5.25. The highest BCUT2D eigenvalue weighted by atomic mass is 35.5. The Labute approximate surface area is 172 Å². The van der Waals surface area contributed by atoms with Crippen LogP contribution in [-0.4, -0.2) is 61.6 Å². The minimum atomic E-state index is -0.0188. The van der Waals surface area contributed by atoms with Gasteiger partial charge in [-0.25, -0.2) is 0 Å². The number of nitrogens with zero attached hydrogens (tertiary/aromatic N) is 2.